The second kappa shape index (κ2) is 7.89. The van der Waals surface area contributed by atoms with Gasteiger partial charge in [-0.3, -0.25) is 9.59 Å². The SMILES string of the molecule is COC(=O)[C@@]1([C@H](NC(=O)OC(C)(C)C)c2ccccc2)CCCCC1=O. The van der Waals surface area contributed by atoms with Crippen LogP contribution in [0.1, 0.15) is 58.1 Å². The molecule has 0 radical (unpaired) electrons. The Hall–Kier alpha value is -2.37. The van der Waals surface area contributed by atoms with Gasteiger partial charge in [0.15, 0.2) is 11.2 Å². The molecule has 0 aliphatic heterocycles. The van der Waals surface area contributed by atoms with Gasteiger partial charge in [-0.05, 0) is 39.2 Å². The molecule has 2 atom stereocenters. The summed E-state index contributed by atoms with van der Waals surface area (Å²) in [5, 5.41) is 2.76. The van der Waals surface area contributed by atoms with E-state index in [9.17, 15) is 14.4 Å². The fourth-order valence-electron chi connectivity index (χ4n) is 3.44. The van der Waals surface area contributed by atoms with E-state index in [0.29, 0.717) is 18.4 Å². The number of rotatable bonds is 4. The summed E-state index contributed by atoms with van der Waals surface area (Å²) in [4.78, 5) is 38.1. The Labute approximate surface area is 154 Å². The zero-order chi connectivity index (χ0) is 19.4. The monoisotopic (exact) mass is 361 g/mol. The predicted molar refractivity (Wildman–Crippen MR) is 96.5 cm³/mol. The quantitative estimate of drug-likeness (QED) is 0.655. The van der Waals surface area contributed by atoms with Gasteiger partial charge in [0, 0.05) is 6.42 Å². The molecule has 0 bridgehead atoms. The van der Waals surface area contributed by atoms with Gasteiger partial charge in [0.25, 0.3) is 0 Å². The highest BCUT2D eigenvalue weighted by Gasteiger charge is 2.55. The summed E-state index contributed by atoms with van der Waals surface area (Å²) in [6.45, 7) is 5.27. The number of hydrogen-bond acceptors (Lipinski definition) is 5. The number of carbonyl (C=O) groups excluding carboxylic acids is 3. The lowest BCUT2D eigenvalue weighted by Crippen LogP contribution is -2.53. The molecule has 0 spiro atoms. The van der Waals surface area contributed by atoms with Crippen LogP contribution in [0.2, 0.25) is 0 Å². The van der Waals surface area contributed by atoms with E-state index in [1.54, 1.807) is 45.0 Å². The van der Waals surface area contributed by atoms with Crippen molar-refractivity contribution in [2.24, 2.45) is 5.41 Å². The number of esters is 1. The van der Waals surface area contributed by atoms with Crippen molar-refractivity contribution in [1.82, 2.24) is 5.32 Å². The van der Waals surface area contributed by atoms with Crippen LogP contribution in [0.4, 0.5) is 4.79 Å². The number of carbonyl (C=O) groups is 3. The van der Waals surface area contributed by atoms with E-state index < -0.39 is 29.1 Å². The molecule has 0 heterocycles. The molecular weight excluding hydrogens is 334 g/mol. The molecule has 142 valence electrons. The smallest absolute Gasteiger partial charge is 0.408 e. The minimum absolute atomic E-state index is 0.208. The van der Waals surface area contributed by atoms with Crippen LogP contribution in [0, 0.1) is 5.41 Å². The maximum Gasteiger partial charge on any atom is 0.408 e. The van der Waals surface area contributed by atoms with Crippen molar-refractivity contribution in [3.05, 3.63) is 35.9 Å². The highest BCUT2D eigenvalue weighted by molar-refractivity contribution is 6.05. The molecule has 1 saturated carbocycles. The number of hydrogen-bond donors (Lipinski definition) is 1. The molecule has 1 amide bonds. The minimum Gasteiger partial charge on any atom is -0.468 e. The van der Waals surface area contributed by atoms with Gasteiger partial charge in [0.1, 0.15) is 5.60 Å². The van der Waals surface area contributed by atoms with E-state index in [-0.39, 0.29) is 12.2 Å². The number of amides is 1. The van der Waals surface area contributed by atoms with Crippen LogP contribution >= 0.6 is 0 Å². The van der Waals surface area contributed by atoms with Crippen molar-refractivity contribution < 1.29 is 23.9 Å². The number of ketones is 1. The molecule has 6 nitrogen and oxygen atoms in total. The molecule has 1 N–H and O–H groups in total. The summed E-state index contributed by atoms with van der Waals surface area (Å²) < 4.78 is 10.4. The molecule has 1 aromatic rings. The minimum atomic E-state index is -1.44. The predicted octanol–water partition coefficient (Wildman–Crippen LogP) is 3.55. The highest BCUT2D eigenvalue weighted by atomic mass is 16.6. The third-order valence-corrected chi connectivity index (χ3v) is 4.56. The Bertz CT molecular complexity index is 655. The molecule has 0 saturated heterocycles. The van der Waals surface area contributed by atoms with Gasteiger partial charge < -0.3 is 14.8 Å². The topological polar surface area (TPSA) is 81.7 Å². The van der Waals surface area contributed by atoms with Crippen molar-refractivity contribution in [3.8, 4) is 0 Å². The van der Waals surface area contributed by atoms with Crippen LogP contribution in [0.15, 0.2) is 30.3 Å². The Balaban J connectivity index is 2.48. The molecule has 26 heavy (non-hydrogen) atoms. The van der Waals surface area contributed by atoms with Gasteiger partial charge in [-0.2, -0.15) is 0 Å². The summed E-state index contributed by atoms with van der Waals surface area (Å²) in [5.74, 6) is -0.826. The first-order chi connectivity index (χ1) is 12.2. The van der Waals surface area contributed by atoms with Crippen molar-refractivity contribution in [1.29, 1.82) is 0 Å². The van der Waals surface area contributed by atoms with Crippen molar-refractivity contribution in [3.63, 3.8) is 0 Å². The average molecular weight is 361 g/mol. The number of Topliss-reactive ketones (excluding diaryl/α,β-unsaturated/α-hetero) is 1. The van der Waals surface area contributed by atoms with Gasteiger partial charge in [-0.25, -0.2) is 4.79 Å². The lowest BCUT2D eigenvalue weighted by molar-refractivity contribution is -0.162. The Morgan fingerprint density at radius 2 is 1.81 bits per heavy atom. The third-order valence-electron chi connectivity index (χ3n) is 4.56. The van der Waals surface area contributed by atoms with Crippen LogP contribution in [0.3, 0.4) is 0 Å². The lowest BCUT2D eigenvalue weighted by atomic mass is 9.66. The summed E-state index contributed by atoms with van der Waals surface area (Å²) in [7, 11) is 1.27. The van der Waals surface area contributed by atoms with Crippen LogP contribution in [0.25, 0.3) is 0 Å². The number of nitrogens with one attached hydrogen (secondary N) is 1. The molecular formula is C20H27NO5. The molecule has 1 aliphatic carbocycles. The van der Waals surface area contributed by atoms with Crippen molar-refractivity contribution in [2.75, 3.05) is 7.11 Å². The second-order valence-corrected chi connectivity index (χ2v) is 7.58. The maximum absolute atomic E-state index is 12.9. The molecule has 0 aromatic heterocycles. The Kier molecular flexibility index (Phi) is 6.05. The lowest BCUT2D eigenvalue weighted by Gasteiger charge is -2.40. The van der Waals surface area contributed by atoms with Gasteiger partial charge >= 0.3 is 12.1 Å². The first kappa shape index (κ1) is 19.9. The van der Waals surface area contributed by atoms with E-state index in [2.05, 4.69) is 5.32 Å². The van der Waals surface area contributed by atoms with Crippen molar-refractivity contribution >= 4 is 17.8 Å². The molecule has 1 aromatic carbocycles. The van der Waals surface area contributed by atoms with E-state index >= 15 is 0 Å². The maximum atomic E-state index is 12.9. The summed E-state index contributed by atoms with van der Waals surface area (Å²) in [6.07, 6.45) is 1.38. The molecule has 0 unspecified atom stereocenters. The number of ether oxygens (including phenoxy) is 2. The molecule has 1 fully saturated rings. The number of methoxy groups -OCH3 is 1. The highest BCUT2D eigenvalue weighted by Crippen LogP contribution is 2.45. The number of alkyl carbamates (subject to hydrolysis) is 1. The van der Waals surface area contributed by atoms with Crippen LogP contribution in [0.5, 0.6) is 0 Å². The largest absolute Gasteiger partial charge is 0.468 e. The first-order valence-corrected chi connectivity index (χ1v) is 8.87. The zero-order valence-corrected chi connectivity index (χ0v) is 15.8. The molecule has 2 rings (SSSR count). The van der Waals surface area contributed by atoms with Crippen LogP contribution in [-0.4, -0.2) is 30.6 Å². The molecule has 1 aliphatic rings. The third kappa shape index (κ3) is 4.23. The second-order valence-electron chi connectivity index (χ2n) is 7.58. The zero-order valence-electron chi connectivity index (χ0n) is 15.8. The Morgan fingerprint density at radius 1 is 1.15 bits per heavy atom. The van der Waals surface area contributed by atoms with E-state index in [1.165, 1.54) is 7.11 Å². The standard InChI is InChI=1S/C20H27NO5/c1-19(2,3)26-18(24)21-16(14-10-6-5-7-11-14)20(17(23)25-4)13-9-8-12-15(20)22/h5-7,10-11,16H,8-9,12-13H2,1-4H3,(H,21,24)/t16-,20+/m1/s1. The van der Waals surface area contributed by atoms with Crippen LogP contribution < -0.4 is 5.32 Å². The summed E-state index contributed by atoms with van der Waals surface area (Å²) in [5.41, 5.74) is -1.47. The van der Waals surface area contributed by atoms with E-state index in [4.69, 9.17) is 9.47 Å². The Morgan fingerprint density at radius 3 is 2.35 bits per heavy atom. The van der Waals surface area contributed by atoms with E-state index in [0.717, 1.165) is 6.42 Å². The van der Waals surface area contributed by atoms with Gasteiger partial charge in [-0.15, -0.1) is 0 Å². The van der Waals surface area contributed by atoms with Gasteiger partial charge in [-0.1, -0.05) is 36.8 Å². The van der Waals surface area contributed by atoms with Gasteiger partial charge in [0.2, 0.25) is 0 Å². The fourth-order valence-corrected chi connectivity index (χ4v) is 3.44. The van der Waals surface area contributed by atoms with Crippen LogP contribution in [-0.2, 0) is 19.1 Å². The average Bonchev–Trinajstić information content (AvgIpc) is 2.59. The fraction of sp³-hybridized carbons (Fsp3) is 0.550. The number of benzene rings is 1. The normalized spacial score (nSPS) is 21.6. The van der Waals surface area contributed by atoms with E-state index in [1.807, 2.05) is 6.07 Å². The first-order valence-electron chi connectivity index (χ1n) is 8.87. The molecule has 6 heteroatoms. The van der Waals surface area contributed by atoms with Crippen molar-refractivity contribution in [2.45, 2.75) is 58.1 Å². The summed E-state index contributed by atoms with van der Waals surface area (Å²) >= 11 is 0. The van der Waals surface area contributed by atoms with Gasteiger partial charge in [0.05, 0.1) is 13.2 Å². The summed E-state index contributed by atoms with van der Waals surface area (Å²) in [6, 6.07) is 8.17.